The molecule has 0 radical (unpaired) electrons. The number of anilines is 1. The predicted octanol–water partition coefficient (Wildman–Crippen LogP) is 2.59. The molecule has 3 heterocycles. The zero-order valence-corrected chi connectivity index (χ0v) is 16.1. The average Bonchev–Trinajstić information content (AvgIpc) is 3.32. The number of benzene rings is 2. The standard InChI is InChI=1S/C22H16FN3O5/c23-15-9-18-11(6-7-31-18)8-13(15)20(28)24-16-3-1-2-12-14(16)10-26(22(12)30)17-4-5-19(27)25-21(17)29/h1-3,6-9,17H,4-5,10H2,(H,24,28)(H,25,27,29). The van der Waals surface area contributed by atoms with Crippen molar-refractivity contribution in [1.82, 2.24) is 10.2 Å². The first kappa shape index (κ1) is 19.0. The highest BCUT2D eigenvalue weighted by atomic mass is 19.1. The summed E-state index contributed by atoms with van der Waals surface area (Å²) in [5.74, 6) is -2.63. The van der Waals surface area contributed by atoms with E-state index in [-0.39, 0.29) is 36.8 Å². The maximum atomic E-state index is 14.4. The second kappa shape index (κ2) is 7.05. The van der Waals surface area contributed by atoms with Crippen molar-refractivity contribution in [3.63, 3.8) is 0 Å². The largest absolute Gasteiger partial charge is 0.464 e. The Bertz CT molecular complexity index is 1280. The van der Waals surface area contributed by atoms with Crippen LogP contribution in [0.25, 0.3) is 11.0 Å². The van der Waals surface area contributed by atoms with Gasteiger partial charge in [0.25, 0.3) is 11.8 Å². The first-order valence-electron chi connectivity index (χ1n) is 9.67. The molecule has 3 aromatic rings. The Morgan fingerprint density at radius 2 is 2.03 bits per heavy atom. The van der Waals surface area contributed by atoms with Crippen LogP contribution < -0.4 is 10.6 Å². The number of imide groups is 1. The third kappa shape index (κ3) is 3.14. The minimum atomic E-state index is -0.762. The Hall–Kier alpha value is -4.01. The number of piperidine rings is 1. The number of nitrogens with zero attached hydrogens (tertiary/aromatic N) is 1. The molecule has 1 atom stereocenters. The maximum Gasteiger partial charge on any atom is 0.258 e. The van der Waals surface area contributed by atoms with Gasteiger partial charge in [-0.25, -0.2) is 4.39 Å². The summed E-state index contributed by atoms with van der Waals surface area (Å²) in [6.45, 7) is 0.0974. The fourth-order valence-electron chi connectivity index (χ4n) is 4.05. The molecular formula is C22H16FN3O5. The molecule has 156 valence electrons. The molecule has 2 aliphatic rings. The third-order valence-corrected chi connectivity index (χ3v) is 5.62. The van der Waals surface area contributed by atoms with Crippen LogP contribution in [0.2, 0.25) is 0 Å². The van der Waals surface area contributed by atoms with Gasteiger partial charge in [-0.3, -0.25) is 24.5 Å². The van der Waals surface area contributed by atoms with Gasteiger partial charge in [-0.15, -0.1) is 0 Å². The Morgan fingerprint density at radius 1 is 1.19 bits per heavy atom. The van der Waals surface area contributed by atoms with Gasteiger partial charge in [0.1, 0.15) is 17.4 Å². The summed E-state index contributed by atoms with van der Waals surface area (Å²) < 4.78 is 19.6. The van der Waals surface area contributed by atoms with Crippen LogP contribution in [-0.4, -0.2) is 34.6 Å². The summed E-state index contributed by atoms with van der Waals surface area (Å²) in [5, 5.41) is 5.51. The molecule has 2 aliphatic heterocycles. The number of hydrogen-bond donors (Lipinski definition) is 2. The van der Waals surface area contributed by atoms with Crippen molar-refractivity contribution in [3.05, 3.63) is 65.2 Å². The monoisotopic (exact) mass is 421 g/mol. The van der Waals surface area contributed by atoms with Crippen LogP contribution in [-0.2, 0) is 16.1 Å². The van der Waals surface area contributed by atoms with E-state index < -0.39 is 23.7 Å². The van der Waals surface area contributed by atoms with Crippen LogP contribution in [0.1, 0.15) is 39.1 Å². The van der Waals surface area contributed by atoms with Crippen molar-refractivity contribution in [2.24, 2.45) is 0 Å². The molecule has 0 aliphatic carbocycles. The van der Waals surface area contributed by atoms with Crippen molar-refractivity contribution in [3.8, 4) is 0 Å². The second-order valence-electron chi connectivity index (χ2n) is 7.48. The molecule has 9 heteroatoms. The maximum absolute atomic E-state index is 14.4. The van der Waals surface area contributed by atoms with Gasteiger partial charge >= 0.3 is 0 Å². The van der Waals surface area contributed by atoms with Crippen LogP contribution in [0.3, 0.4) is 0 Å². The Kier molecular flexibility index (Phi) is 4.32. The predicted molar refractivity (Wildman–Crippen MR) is 107 cm³/mol. The molecule has 1 saturated heterocycles. The summed E-state index contributed by atoms with van der Waals surface area (Å²) in [6.07, 6.45) is 1.79. The molecule has 2 N–H and O–H groups in total. The Morgan fingerprint density at radius 3 is 2.84 bits per heavy atom. The van der Waals surface area contributed by atoms with E-state index in [0.717, 1.165) is 6.07 Å². The fraction of sp³-hybridized carbons (Fsp3) is 0.182. The number of carbonyl (C=O) groups excluding carboxylic acids is 4. The van der Waals surface area contributed by atoms with E-state index in [9.17, 15) is 23.6 Å². The van der Waals surface area contributed by atoms with Crippen LogP contribution in [0, 0.1) is 5.82 Å². The molecule has 1 unspecified atom stereocenters. The van der Waals surface area contributed by atoms with Crippen molar-refractivity contribution in [1.29, 1.82) is 0 Å². The van der Waals surface area contributed by atoms with E-state index >= 15 is 0 Å². The van der Waals surface area contributed by atoms with E-state index in [1.165, 1.54) is 17.2 Å². The molecule has 1 fully saturated rings. The van der Waals surface area contributed by atoms with Gasteiger partial charge in [-0.2, -0.15) is 0 Å². The van der Waals surface area contributed by atoms with Crippen LogP contribution in [0.4, 0.5) is 10.1 Å². The second-order valence-corrected chi connectivity index (χ2v) is 7.48. The summed E-state index contributed by atoms with van der Waals surface area (Å²) in [4.78, 5) is 50.7. The average molecular weight is 421 g/mol. The first-order chi connectivity index (χ1) is 14.9. The lowest BCUT2D eigenvalue weighted by Gasteiger charge is -2.29. The van der Waals surface area contributed by atoms with Gasteiger partial charge in [0.05, 0.1) is 11.8 Å². The number of hydrogen-bond acceptors (Lipinski definition) is 5. The topological polar surface area (TPSA) is 109 Å². The minimum absolute atomic E-state index is 0.0974. The van der Waals surface area contributed by atoms with Crippen LogP contribution >= 0.6 is 0 Å². The summed E-state index contributed by atoms with van der Waals surface area (Å²) >= 11 is 0. The number of halogens is 1. The van der Waals surface area contributed by atoms with Crippen LogP contribution in [0.5, 0.6) is 0 Å². The van der Waals surface area contributed by atoms with Gasteiger partial charge in [-0.05, 0) is 30.7 Å². The highest BCUT2D eigenvalue weighted by Crippen LogP contribution is 2.33. The van der Waals surface area contributed by atoms with Gasteiger partial charge in [0.15, 0.2) is 0 Å². The quantitative estimate of drug-likeness (QED) is 0.632. The molecule has 2 aromatic carbocycles. The number of amides is 4. The first-order valence-corrected chi connectivity index (χ1v) is 9.67. The molecule has 5 rings (SSSR count). The van der Waals surface area contributed by atoms with Crippen LogP contribution in [0.15, 0.2) is 47.1 Å². The highest BCUT2D eigenvalue weighted by Gasteiger charge is 2.40. The zero-order valence-electron chi connectivity index (χ0n) is 16.1. The molecule has 0 spiro atoms. The van der Waals surface area contributed by atoms with Crippen molar-refractivity contribution < 1.29 is 28.0 Å². The lowest BCUT2D eigenvalue weighted by Crippen LogP contribution is -2.52. The van der Waals surface area contributed by atoms with E-state index in [4.69, 9.17) is 4.42 Å². The lowest BCUT2D eigenvalue weighted by atomic mass is 10.0. The van der Waals surface area contributed by atoms with E-state index in [2.05, 4.69) is 10.6 Å². The third-order valence-electron chi connectivity index (χ3n) is 5.62. The minimum Gasteiger partial charge on any atom is -0.464 e. The van der Waals surface area contributed by atoms with E-state index in [1.807, 2.05) is 0 Å². The van der Waals surface area contributed by atoms with E-state index in [0.29, 0.717) is 27.8 Å². The molecule has 8 nitrogen and oxygen atoms in total. The van der Waals surface area contributed by atoms with Gasteiger partial charge < -0.3 is 14.6 Å². The van der Waals surface area contributed by atoms with Gasteiger partial charge in [0.2, 0.25) is 11.8 Å². The molecule has 1 aromatic heterocycles. The Balaban J connectivity index is 1.42. The number of carbonyl (C=O) groups is 4. The van der Waals surface area contributed by atoms with Crippen molar-refractivity contribution >= 4 is 40.3 Å². The molecular weight excluding hydrogens is 405 g/mol. The molecule has 4 amide bonds. The number of furan rings is 1. The number of nitrogens with one attached hydrogen (secondary N) is 2. The normalized spacial score (nSPS) is 18.3. The fourth-order valence-corrected chi connectivity index (χ4v) is 4.05. The highest BCUT2D eigenvalue weighted by molar-refractivity contribution is 6.09. The van der Waals surface area contributed by atoms with Gasteiger partial charge in [0, 0.05) is 41.2 Å². The Labute approximate surface area is 175 Å². The smallest absolute Gasteiger partial charge is 0.258 e. The summed E-state index contributed by atoms with van der Waals surface area (Å²) in [7, 11) is 0. The summed E-state index contributed by atoms with van der Waals surface area (Å²) in [5.41, 5.74) is 1.43. The molecule has 31 heavy (non-hydrogen) atoms. The summed E-state index contributed by atoms with van der Waals surface area (Å²) in [6, 6.07) is 8.24. The SMILES string of the molecule is O=C1CCC(N2Cc3c(NC(=O)c4cc5ccoc5cc4F)cccc3C2=O)C(=O)N1. The molecule has 0 bridgehead atoms. The zero-order chi connectivity index (χ0) is 21.7. The van der Waals surface area contributed by atoms with E-state index in [1.54, 1.807) is 24.3 Å². The molecule has 0 saturated carbocycles. The van der Waals surface area contributed by atoms with Crippen molar-refractivity contribution in [2.75, 3.05) is 5.32 Å². The van der Waals surface area contributed by atoms with Gasteiger partial charge in [-0.1, -0.05) is 6.07 Å². The van der Waals surface area contributed by atoms with Crippen molar-refractivity contribution in [2.45, 2.75) is 25.4 Å². The number of rotatable bonds is 3. The number of fused-ring (bicyclic) bond motifs is 2. The lowest BCUT2D eigenvalue weighted by molar-refractivity contribution is -0.136.